The molecule has 6 heteroatoms. The smallest absolute Gasteiger partial charge is 0.668 e. The van der Waals surface area contributed by atoms with Gasteiger partial charge in [-0.2, -0.15) is 0 Å². The van der Waals surface area contributed by atoms with Crippen molar-refractivity contribution in [1.82, 2.24) is 0 Å². The van der Waals surface area contributed by atoms with E-state index in [-0.39, 0.29) is 35.5 Å². The number of hydrogen-bond donors (Lipinski definition) is 1. The van der Waals surface area contributed by atoms with Crippen LogP contribution in [0.3, 0.4) is 0 Å². The van der Waals surface area contributed by atoms with E-state index in [2.05, 4.69) is 39.3 Å². The quantitative estimate of drug-likeness (QED) is 0.826. The van der Waals surface area contributed by atoms with Crippen molar-refractivity contribution >= 4 is 22.4 Å². The predicted molar refractivity (Wildman–Crippen MR) is 85.0 cm³/mol. The molecule has 0 heterocycles. The van der Waals surface area contributed by atoms with Crippen LogP contribution in [0.5, 0.6) is 0 Å². The Hall–Kier alpha value is 0.0838. The summed E-state index contributed by atoms with van der Waals surface area (Å²) in [6.07, 6.45) is 0. The maximum Gasteiger partial charge on any atom is 1.00 e. The van der Waals surface area contributed by atoms with E-state index in [0.717, 1.165) is 0 Å². The van der Waals surface area contributed by atoms with Crippen molar-refractivity contribution in [3.8, 4) is 0 Å². The fourth-order valence-corrected chi connectivity index (χ4v) is 9.66. The number of amides is 1. The molecule has 0 radical (unpaired) electrons. The van der Waals surface area contributed by atoms with Gasteiger partial charge in [0.25, 0.3) is 0 Å². The number of rotatable bonds is 3. The van der Waals surface area contributed by atoms with Crippen molar-refractivity contribution in [2.24, 2.45) is 5.73 Å². The molecule has 3 nitrogen and oxygen atoms in total. The number of benzene rings is 1. The van der Waals surface area contributed by atoms with Crippen LogP contribution < -0.4 is 35.3 Å². The Kier molecular flexibility index (Phi) is 10.2. The molecule has 1 aromatic rings. The molecule has 1 aromatic carbocycles. The first-order valence-electron chi connectivity index (χ1n) is 6.10. The first-order valence-corrected chi connectivity index (χ1v) is 13.0. The van der Waals surface area contributed by atoms with Gasteiger partial charge in [-0.3, -0.25) is 4.79 Å². The maximum atomic E-state index is 10.4. The second-order valence-corrected chi connectivity index (χ2v) is 15.8. The summed E-state index contributed by atoms with van der Waals surface area (Å²) in [6.45, 7) is 13.8. The molecule has 0 fully saturated rings. The average molecular weight is 305 g/mol. The van der Waals surface area contributed by atoms with Crippen molar-refractivity contribution in [1.29, 1.82) is 0 Å². The molecule has 2 N–H and O–H groups in total. The van der Waals surface area contributed by atoms with Gasteiger partial charge in [-0.05, 0) is 12.1 Å². The Labute approximate surface area is 141 Å². The molecule has 1 amide bonds. The standard InChI is InChI=1S/C7H7NO.C6H18NSi2.Na/c8-7(9)6-4-2-1-3-5-6;1-8(2,3)7-9(4,5)6;/h1-5H,(H2,8,9);1-6H3;/q;-1;+1. The van der Waals surface area contributed by atoms with Gasteiger partial charge in [-0.1, -0.05) is 74.0 Å². The normalized spacial score (nSPS) is 10.8. The van der Waals surface area contributed by atoms with E-state index in [1.54, 1.807) is 24.3 Å². The molecular weight excluding hydrogens is 279 g/mol. The van der Waals surface area contributed by atoms with Crippen LogP contribution in [0.4, 0.5) is 0 Å². The van der Waals surface area contributed by atoms with Gasteiger partial charge in [0.2, 0.25) is 5.91 Å². The Morgan fingerprint density at radius 1 is 0.947 bits per heavy atom. The van der Waals surface area contributed by atoms with E-state index >= 15 is 0 Å². The fraction of sp³-hybridized carbons (Fsp3) is 0.462. The SMILES string of the molecule is C[Si](C)(C)[N-][Si](C)(C)C.NC(=O)c1ccccc1.[Na+]. The van der Waals surface area contributed by atoms with Crippen molar-refractivity contribution in [2.75, 3.05) is 0 Å². The van der Waals surface area contributed by atoms with Crippen LogP contribution in [-0.4, -0.2) is 22.4 Å². The summed E-state index contributed by atoms with van der Waals surface area (Å²) in [5.74, 6) is -0.379. The zero-order chi connectivity index (χ0) is 14.4. The fourth-order valence-electron chi connectivity index (χ4n) is 1.61. The van der Waals surface area contributed by atoms with Gasteiger partial charge in [0.1, 0.15) is 0 Å². The zero-order valence-electron chi connectivity index (χ0n) is 13.3. The molecule has 0 spiro atoms. The molecule has 0 atom stereocenters. The van der Waals surface area contributed by atoms with Gasteiger partial charge in [0.15, 0.2) is 0 Å². The minimum Gasteiger partial charge on any atom is -0.668 e. The predicted octanol–water partition coefficient (Wildman–Crippen LogP) is 0.819. The molecule has 1 rings (SSSR count). The van der Waals surface area contributed by atoms with Crippen LogP contribution in [0.25, 0.3) is 4.65 Å². The Bertz CT molecular complexity index is 360. The van der Waals surface area contributed by atoms with Gasteiger partial charge in [-0.15, -0.1) is 0 Å². The third-order valence-electron chi connectivity index (χ3n) is 1.73. The van der Waals surface area contributed by atoms with E-state index < -0.39 is 16.5 Å². The summed E-state index contributed by atoms with van der Waals surface area (Å²) in [4.78, 5) is 10.4. The molecule has 0 aliphatic rings. The summed E-state index contributed by atoms with van der Waals surface area (Å²) < 4.78 is 4.82. The number of primary amides is 1. The first-order chi connectivity index (χ1) is 8.01. The molecule has 0 bridgehead atoms. The summed E-state index contributed by atoms with van der Waals surface area (Å²) in [5, 5.41) is 0. The maximum absolute atomic E-state index is 10.4. The summed E-state index contributed by atoms with van der Waals surface area (Å²) >= 11 is 0. The van der Waals surface area contributed by atoms with Crippen LogP contribution in [0.1, 0.15) is 10.4 Å². The topological polar surface area (TPSA) is 57.2 Å². The van der Waals surface area contributed by atoms with E-state index in [4.69, 9.17) is 10.4 Å². The van der Waals surface area contributed by atoms with Gasteiger partial charge in [0, 0.05) is 5.56 Å². The van der Waals surface area contributed by atoms with E-state index in [9.17, 15) is 4.79 Å². The molecule has 0 aliphatic carbocycles. The minimum absolute atomic E-state index is 0. The number of hydrogen-bond acceptors (Lipinski definition) is 1. The van der Waals surface area contributed by atoms with Gasteiger partial charge < -0.3 is 10.4 Å². The molecule has 19 heavy (non-hydrogen) atoms. The monoisotopic (exact) mass is 304 g/mol. The van der Waals surface area contributed by atoms with E-state index in [1.165, 1.54) is 0 Å². The van der Waals surface area contributed by atoms with Crippen LogP contribution in [0.2, 0.25) is 39.3 Å². The first kappa shape index (κ1) is 21.4. The number of carbonyl (C=O) groups excluding carboxylic acids is 1. The molecule has 0 unspecified atom stereocenters. The zero-order valence-corrected chi connectivity index (χ0v) is 17.3. The summed E-state index contributed by atoms with van der Waals surface area (Å²) in [7, 11) is -2.21. The van der Waals surface area contributed by atoms with Crippen molar-refractivity contribution in [2.45, 2.75) is 39.3 Å². The van der Waals surface area contributed by atoms with Crippen molar-refractivity contribution < 1.29 is 34.4 Å². The van der Waals surface area contributed by atoms with Crippen LogP contribution >= 0.6 is 0 Å². The molecule has 0 saturated carbocycles. The molecule has 0 aromatic heterocycles. The number of nitrogens with zero attached hydrogens (tertiary/aromatic N) is 1. The van der Waals surface area contributed by atoms with Crippen LogP contribution in [-0.2, 0) is 0 Å². The molecule has 0 saturated heterocycles. The van der Waals surface area contributed by atoms with Crippen LogP contribution in [0, 0.1) is 0 Å². The van der Waals surface area contributed by atoms with Gasteiger partial charge >= 0.3 is 29.6 Å². The average Bonchev–Trinajstić information content (AvgIpc) is 2.14. The largest absolute Gasteiger partial charge is 1.00 e. The third-order valence-corrected chi connectivity index (χ3v) is 7.10. The van der Waals surface area contributed by atoms with Gasteiger partial charge in [-0.25, -0.2) is 0 Å². The molecule has 102 valence electrons. The molecular formula is C13H25N2NaOSi2. The summed E-state index contributed by atoms with van der Waals surface area (Å²) in [5.41, 5.74) is 5.53. The second kappa shape index (κ2) is 9.10. The Morgan fingerprint density at radius 3 is 1.47 bits per heavy atom. The van der Waals surface area contributed by atoms with Crippen molar-refractivity contribution in [3.63, 3.8) is 0 Å². The number of nitrogens with two attached hydrogens (primary N) is 1. The Morgan fingerprint density at radius 2 is 1.32 bits per heavy atom. The van der Waals surface area contributed by atoms with E-state index in [1.807, 2.05) is 6.07 Å². The Balaban J connectivity index is 0. The van der Waals surface area contributed by atoms with Crippen LogP contribution in [0.15, 0.2) is 30.3 Å². The second-order valence-electron chi connectivity index (χ2n) is 6.18. The van der Waals surface area contributed by atoms with E-state index in [0.29, 0.717) is 5.56 Å². The minimum atomic E-state index is -1.11. The van der Waals surface area contributed by atoms with Gasteiger partial charge in [0.05, 0.1) is 0 Å². The number of carbonyl (C=O) groups is 1. The van der Waals surface area contributed by atoms with Crippen molar-refractivity contribution in [3.05, 3.63) is 40.5 Å². The third kappa shape index (κ3) is 14.3. The summed E-state index contributed by atoms with van der Waals surface area (Å²) in [6, 6.07) is 8.76. The molecule has 0 aliphatic heterocycles.